The Kier molecular flexibility index (Phi) is 5.03. The minimum Gasteiger partial charge on any atom is -0.370 e. The third-order valence-corrected chi connectivity index (χ3v) is 4.66. The quantitative estimate of drug-likeness (QED) is 0.666. The van der Waals surface area contributed by atoms with Crippen LogP contribution in [-0.2, 0) is 4.79 Å². The van der Waals surface area contributed by atoms with E-state index in [9.17, 15) is 4.79 Å². The Bertz CT molecular complexity index is 755. The number of likely N-dealkylation sites (tertiary alicyclic amines) is 1. The SMILES string of the molecule is Cc1ccc(NC(N)=NCC2CC(=O)N(C)C2c2ccccc2)cc1. The number of anilines is 1. The van der Waals surface area contributed by atoms with E-state index in [0.29, 0.717) is 18.9 Å². The van der Waals surface area contributed by atoms with Gasteiger partial charge in [0.2, 0.25) is 5.91 Å². The highest BCUT2D eigenvalue weighted by Gasteiger charge is 2.38. The number of aliphatic imine (C=N–C) groups is 1. The highest BCUT2D eigenvalue weighted by molar-refractivity contribution is 5.92. The smallest absolute Gasteiger partial charge is 0.223 e. The summed E-state index contributed by atoms with van der Waals surface area (Å²) in [4.78, 5) is 18.5. The van der Waals surface area contributed by atoms with Crippen LogP contribution in [-0.4, -0.2) is 30.4 Å². The van der Waals surface area contributed by atoms with Gasteiger partial charge in [0.25, 0.3) is 0 Å². The molecule has 1 fully saturated rings. The highest BCUT2D eigenvalue weighted by Crippen LogP contribution is 2.36. The van der Waals surface area contributed by atoms with Crippen LogP contribution in [0.1, 0.15) is 23.6 Å². The number of nitrogens with two attached hydrogens (primary N) is 1. The Labute approximate surface area is 148 Å². The second-order valence-corrected chi connectivity index (χ2v) is 6.54. The van der Waals surface area contributed by atoms with Crippen molar-refractivity contribution in [2.75, 3.05) is 18.9 Å². The molecule has 3 rings (SSSR count). The van der Waals surface area contributed by atoms with Crippen LogP contribution in [0.3, 0.4) is 0 Å². The molecule has 1 aliphatic rings. The number of aryl methyl sites for hydroxylation is 1. The molecular formula is C20H24N4O. The van der Waals surface area contributed by atoms with Crippen molar-refractivity contribution in [3.8, 4) is 0 Å². The van der Waals surface area contributed by atoms with E-state index in [0.717, 1.165) is 11.3 Å². The van der Waals surface area contributed by atoms with Gasteiger partial charge in [-0.15, -0.1) is 0 Å². The first-order valence-corrected chi connectivity index (χ1v) is 8.49. The summed E-state index contributed by atoms with van der Waals surface area (Å²) < 4.78 is 0. The van der Waals surface area contributed by atoms with Gasteiger partial charge in [-0.1, -0.05) is 48.0 Å². The van der Waals surface area contributed by atoms with Crippen LogP contribution in [0, 0.1) is 12.8 Å². The zero-order valence-corrected chi connectivity index (χ0v) is 14.6. The van der Waals surface area contributed by atoms with Crippen molar-refractivity contribution in [1.29, 1.82) is 0 Å². The van der Waals surface area contributed by atoms with E-state index in [1.165, 1.54) is 5.56 Å². The predicted octanol–water partition coefficient (Wildman–Crippen LogP) is 2.94. The number of benzene rings is 2. The summed E-state index contributed by atoms with van der Waals surface area (Å²) >= 11 is 0. The van der Waals surface area contributed by atoms with Gasteiger partial charge < -0.3 is 16.0 Å². The average Bonchev–Trinajstić information content (AvgIpc) is 2.90. The van der Waals surface area contributed by atoms with Gasteiger partial charge in [0.15, 0.2) is 5.96 Å². The molecule has 25 heavy (non-hydrogen) atoms. The molecule has 1 saturated heterocycles. The van der Waals surface area contributed by atoms with Crippen LogP contribution >= 0.6 is 0 Å². The van der Waals surface area contributed by atoms with Gasteiger partial charge in [-0.25, -0.2) is 0 Å². The fourth-order valence-electron chi connectivity index (χ4n) is 3.30. The summed E-state index contributed by atoms with van der Waals surface area (Å²) in [5, 5.41) is 3.10. The van der Waals surface area contributed by atoms with Crippen LogP contribution in [0.15, 0.2) is 59.6 Å². The van der Waals surface area contributed by atoms with Gasteiger partial charge in [0.05, 0.1) is 6.04 Å². The van der Waals surface area contributed by atoms with Crippen molar-refractivity contribution in [3.05, 3.63) is 65.7 Å². The van der Waals surface area contributed by atoms with Crippen molar-refractivity contribution in [3.63, 3.8) is 0 Å². The molecule has 5 heteroatoms. The van der Waals surface area contributed by atoms with Crippen molar-refractivity contribution < 1.29 is 4.79 Å². The van der Waals surface area contributed by atoms with Crippen LogP contribution in [0.25, 0.3) is 0 Å². The Morgan fingerprint density at radius 3 is 2.56 bits per heavy atom. The molecule has 0 aromatic heterocycles. The summed E-state index contributed by atoms with van der Waals surface area (Å²) in [6.45, 7) is 2.55. The van der Waals surface area contributed by atoms with Gasteiger partial charge in [-0.3, -0.25) is 9.79 Å². The van der Waals surface area contributed by atoms with Gasteiger partial charge in [0, 0.05) is 31.6 Å². The molecule has 1 heterocycles. The lowest BCUT2D eigenvalue weighted by Crippen LogP contribution is -2.26. The molecule has 5 nitrogen and oxygen atoms in total. The average molecular weight is 336 g/mol. The lowest BCUT2D eigenvalue weighted by atomic mass is 9.94. The van der Waals surface area contributed by atoms with E-state index in [-0.39, 0.29) is 17.9 Å². The molecule has 2 aromatic rings. The van der Waals surface area contributed by atoms with Gasteiger partial charge in [-0.05, 0) is 24.6 Å². The normalized spacial score (nSPS) is 20.8. The monoisotopic (exact) mass is 336 g/mol. The molecule has 2 unspecified atom stereocenters. The number of rotatable bonds is 4. The number of amides is 1. The van der Waals surface area contributed by atoms with Gasteiger partial charge >= 0.3 is 0 Å². The van der Waals surface area contributed by atoms with E-state index in [1.54, 1.807) is 0 Å². The molecule has 2 aromatic carbocycles. The number of nitrogens with zero attached hydrogens (tertiary/aromatic N) is 2. The summed E-state index contributed by atoms with van der Waals surface area (Å²) in [7, 11) is 1.86. The maximum atomic E-state index is 12.2. The number of hydrogen-bond donors (Lipinski definition) is 2. The molecule has 3 N–H and O–H groups in total. The van der Waals surface area contributed by atoms with Crippen LogP contribution in [0.5, 0.6) is 0 Å². The Morgan fingerprint density at radius 2 is 1.88 bits per heavy atom. The fraction of sp³-hybridized carbons (Fsp3) is 0.300. The molecule has 130 valence electrons. The maximum Gasteiger partial charge on any atom is 0.223 e. The third-order valence-electron chi connectivity index (χ3n) is 4.66. The summed E-state index contributed by atoms with van der Waals surface area (Å²) in [6, 6.07) is 18.1. The van der Waals surface area contributed by atoms with Gasteiger partial charge in [-0.2, -0.15) is 0 Å². The largest absolute Gasteiger partial charge is 0.370 e. The summed E-state index contributed by atoms with van der Waals surface area (Å²) in [5.74, 6) is 0.648. The Morgan fingerprint density at radius 1 is 1.20 bits per heavy atom. The standard InChI is InChI=1S/C20H24N4O/c1-14-8-10-17(11-9-14)23-20(21)22-13-16-12-18(25)24(2)19(16)15-6-4-3-5-7-15/h3-11,16,19H,12-13H2,1-2H3,(H3,21,22,23). The minimum atomic E-state index is 0.0459. The second kappa shape index (κ2) is 7.38. The van der Waals surface area contributed by atoms with E-state index < -0.39 is 0 Å². The van der Waals surface area contributed by atoms with Crippen molar-refractivity contribution in [2.45, 2.75) is 19.4 Å². The molecule has 0 spiro atoms. The number of nitrogens with one attached hydrogen (secondary N) is 1. The van der Waals surface area contributed by atoms with Crippen LogP contribution < -0.4 is 11.1 Å². The van der Waals surface area contributed by atoms with E-state index in [1.807, 2.05) is 61.3 Å². The highest BCUT2D eigenvalue weighted by atomic mass is 16.2. The van der Waals surface area contributed by atoms with E-state index in [2.05, 4.69) is 22.4 Å². The van der Waals surface area contributed by atoms with Crippen LogP contribution in [0.4, 0.5) is 5.69 Å². The molecule has 0 radical (unpaired) electrons. The lowest BCUT2D eigenvalue weighted by Gasteiger charge is -2.24. The molecule has 2 atom stereocenters. The number of carbonyl (C=O) groups excluding carboxylic acids is 1. The molecule has 0 aliphatic carbocycles. The second-order valence-electron chi connectivity index (χ2n) is 6.54. The summed E-state index contributed by atoms with van der Waals surface area (Å²) in [6.07, 6.45) is 0.497. The minimum absolute atomic E-state index is 0.0459. The van der Waals surface area contributed by atoms with Gasteiger partial charge in [0.1, 0.15) is 0 Å². The van der Waals surface area contributed by atoms with Crippen molar-refractivity contribution >= 4 is 17.6 Å². The van der Waals surface area contributed by atoms with Crippen molar-refractivity contribution in [2.24, 2.45) is 16.6 Å². The number of guanidine groups is 1. The van der Waals surface area contributed by atoms with E-state index in [4.69, 9.17) is 5.73 Å². The Hall–Kier alpha value is -2.82. The zero-order chi connectivity index (χ0) is 17.8. The van der Waals surface area contributed by atoms with E-state index >= 15 is 0 Å². The molecule has 0 bridgehead atoms. The number of hydrogen-bond acceptors (Lipinski definition) is 2. The van der Waals surface area contributed by atoms with Crippen molar-refractivity contribution in [1.82, 2.24) is 4.90 Å². The summed E-state index contributed by atoms with van der Waals surface area (Å²) in [5.41, 5.74) is 9.26. The predicted molar refractivity (Wildman–Crippen MR) is 101 cm³/mol. The zero-order valence-electron chi connectivity index (χ0n) is 14.6. The molecule has 0 saturated carbocycles. The first-order chi connectivity index (χ1) is 12.0. The maximum absolute atomic E-state index is 12.2. The topological polar surface area (TPSA) is 70.7 Å². The molecule has 1 aliphatic heterocycles. The third kappa shape index (κ3) is 3.99. The first-order valence-electron chi connectivity index (χ1n) is 8.49. The lowest BCUT2D eigenvalue weighted by molar-refractivity contribution is -0.127. The molecular weight excluding hydrogens is 312 g/mol. The Balaban J connectivity index is 1.69. The fourth-order valence-corrected chi connectivity index (χ4v) is 3.30. The number of carbonyl (C=O) groups is 1. The van der Waals surface area contributed by atoms with Crippen LogP contribution in [0.2, 0.25) is 0 Å². The first kappa shape index (κ1) is 17.0. The molecule has 1 amide bonds.